The molecule has 0 aliphatic carbocycles. The fourth-order valence-corrected chi connectivity index (χ4v) is 2.60. The number of piperidine rings is 1. The predicted octanol–water partition coefficient (Wildman–Crippen LogP) is 4.67. The van der Waals surface area contributed by atoms with Crippen molar-refractivity contribution in [2.75, 3.05) is 26.5 Å². The first-order valence-corrected chi connectivity index (χ1v) is 8.97. The first kappa shape index (κ1) is 7.77. The fraction of sp³-hybridized carbons (Fsp3) is 0.480. The summed E-state index contributed by atoms with van der Waals surface area (Å²) in [5, 5.41) is 1.84. The van der Waals surface area contributed by atoms with E-state index in [1.807, 2.05) is 5.32 Å². The van der Waals surface area contributed by atoms with Gasteiger partial charge in [-0.3, -0.25) is 0 Å². The second-order valence-electron chi connectivity index (χ2n) is 6.31. The van der Waals surface area contributed by atoms with Crippen LogP contribution in [-0.4, -0.2) is 48.4 Å². The van der Waals surface area contributed by atoms with Crippen molar-refractivity contribution < 1.29 is 44.1 Å². The second kappa shape index (κ2) is 11.1. The maximum Gasteiger partial charge on any atom is 0.318 e. The Balaban J connectivity index is 2.11. The van der Waals surface area contributed by atoms with E-state index in [2.05, 4.69) is 0 Å². The zero-order valence-corrected chi connectivity index (χ0v) is 16.1. The first-order valence-electron chi connectivity index (χ1n) is 20.0. The van der Waals surface area contributed by atoms with Crippen LogP contribution in [0.5, 0.6) is 5.75 Å². The molecule has 6 heteroatoms. The molecule has 1 aliphatic heterocycles. The summed E-state index contributed by atoms with van der Waals surface area (Å²) in [7, 11) is 0. The lowest BCUT2D eigenvalue weighted by Gasteiger charge is -2.37. The SMILES string of the molecule is [2H]c1c([2H])c(C([2H])([2H])NC(=O)N(Cc2ccc(F)cc2)C2CC([2H])([2H])N(C([2H])([2H])[2H])C([2H])([2H])C2)c([2H])c([2H])c1OC([2H])([2H])C([2H])(C([2H])([2H])[2H])C([2H])([2H])[2H]. The van der Waals surface area contributed by atoms with Gasteiger partial charge in [0.25, 0.3) is 0 Å². The van der Waals surface area contributed by atoms with E-state index >= 15 is 0 Å². The molecule has 0 spiro atoms. The topological polar surface area (TPSA) is 44.8 Å². The minimum absolute atomic E-state index is 0.0219. The molecule has 2 aromatic rings. The lowest BCUT2D eigenvalue weighted by Crippen LogP contribution is -2.49. The summed E-state index contributed by atoms with van der Waals surface area (Å²) in [5.41, 5.74) is -1.04. The van der Waals surface area contributed by atoms with E-state index in [-0.39, 0.29) is 10.5 Å². The van der Waals surface area contributed by atoms with Crippen molar-refractivity contribution in [3.05, 3.63) is 65.4 Å². The molecule has 0 bridgehead atoms. The van der Waals surface area contributed by atoms with Gasteiger partial charge < -0.3 is 19.9 Å². The molecule has 5 nitrogen and oxygen atoms in total. The number of carbonyl (C=O) groups excluding carboxylic acids is 1. The van der Waals surface area contributed by atoms with Crippen molar-refractivity contribution in [1.82, 2.24) is 15.1 Å². The molecule has 168 valence electrons. The number of ether oxygens (including phenoxy) is 1. The highest BCUT2D eigenvalue weighted by Gasteiger charge is 2.27. The number of amides is 2. The van der Waals surface area contributed by atoms with Crippen LogP contribution in [0.4, 0.5) is 9.18 Å². The van der Waals surface area contributed by atoms with Crippen LogP contribution < -0.4 is 10.1 Å². The van der Waals surface area contributed by atoms with Gasteiger partial charge in [0.15, 0.2) is 0 Å². The number of hydrogen-bond donors (Lipinski definition) is 1. The van der Waals surface area contributed by atoms with Gasteiger partial charge in [-0.15, -0.1) is 0 Å². The molecule has 2 aromatic carbocycles. The molecular weight excluding hydrogens is 393 g/mol. The number of nitrogens with zero attached hydrogens (tertiary/aromatic N) is 2. The Morgan fingerprint density at radius 1 is 1.32 bits per heavy atom. The van der Waals surface area contributed by atoms with Crippen molar-refractivity contribution in [2.24, 2.45) is 5.89 Å². The second-order valence-corrected chi connectivity index (χ2v) is 6.31. The third-order valence-corrected chi connectivity index (χ3v) is 4.09. The summed E-state index contributed by atoms with van der Waals surface area (Å²) in [4.78, 5) is 14.6. The van der Waals surface area contributed by atoms with Crippen LogP contribution in [0.25, 0.3) is 0 Å². The van der Waals surface area contributed by atoms with Crippen LogP contribution in [0, 0.1) is 11.7 Å². The third-order valence-electron chi connectivity index (χ3n) is 4.09. The van der Waals surface area contributed by atoms with E-state index in [1.165, 1.54) is 12.1 Å². The lowest BCUT2D eigenvalue weighted by atomic mass is 10.0. The van der Waals surface area contributed by atoms with Crippen LogP contribution in [0.2, 0.25) is 0 Å². The molecule has 0 aromatic heterocycles. The summed E-state index contributed by atoms with van der Waals surface area (Å²) in [6, 6.07) is -3.97. The smallest absolute Gasteiger partial charge is 0.318 e. The van der Waals surface area contributed by atoms with Crippen molar-refractivity contribution in [1.29, 1.82) is 0 Å². The van der Waals surface area contributed by atoms with E-state index in [0.29, 0.717) is 0 Å². The van der Waals surface area contributed by atoms with E-state index in [4.69, 9.17) is 34.9 Å². The molecule has 2 amide bonds. The molecule has 1 aliphatic rings. The van der Waals surface area contributed by atoms with Crippen LogP contribution >= 0.6 is 0 Å². The van der Waals surface area contributed by atoms with Crippen LogP contribution in [0.15, 0.2) is 48.4 Å². The Morgan fingerprint density at radius 3 is 2.68 bits per heavy atom. The van der Waals surface area contributed by atoms with Crippen molar-refractivity contribution in [3.63, 3.8) is 0 Å². The molecule has 0 atom stereocenters. The molecule has 0 unspecified atom stereocenters. The predicted molar refractivity (Wildman–Crippen MR) is 121 cm³/mol. The highest BCUT2D eigenvalue weighted by molar-refractivity contribution is 5.74. The van der Waals surface area contributed by atoms with Gasteiger partial charge in [-0.1, -0.05) is 37.9 Å². The monoisotopic (exact) mass is 449 g/mol. The molecule has 31 heavy (non-hydrogen) atoms. The average molecular weight is 450 g/mol. The van der Waals surface area contributed by atoms with Gasteiger partial charge in [-0.2, -0.15) is 0 Å². The van der Waals surface area contributed by atoms with E-state index in [9.17, 15) is 9.18 Å². The summed E-state index contributed by atoms with van der Waals surface area (Å²) in [6.45, 7) is -24.9. The average Bonchev–Trinajstić information content (AvgIpc) is 2.93. The Kier molecular flexibility index (Phi) is 2.79. The van der Waals surface area contributed by atoms with Crippen LogP contribution in [-0.2, 0) is 13.0 Å². The van der Waals surface area contributed by atoms with Gasteiger partial charge in [0.1, 0.15) is 11.6 Å². The molecule has 0 saturated carbocycles. The number of likely N-dealkylation sites (tertiary alicyclic amines) is 1. The van der Waals surface area contributed by atoms with Gasteiger partial charge in [0.2, 0.25) is 0 Å². The molecular formula is C25H34FN3O2. The quantitative estimate of drug-likeness (QED) is 0.637. The molecule has 1 N–H and O–H groups in total. The van der Waals surface area contributed by atoms with E-state index in [0.717, 1.165) is 17.0 Å². The number of rotatable bonds is 8. The normalized spacial score (nSPS) is 31.3. The largest absolute Gasteiger partial charge is 0.493 e. The summed E-state index contributed by atoms with van der Waals surface area (Å²) in [6.07, 6.45) is -1.66. The summed E-state index contributed by atoms with van der Waals surface area (Å²) >= 11 is 0. The standard InChI is InChI=1S/C25H34FN3O2/c1-19(2)18-31-24-10-6-20(7-11-24)16-27-25(30)29(23-12-14-28(3)15-13-23)17-21-4-8-22(26)9-5-21/h4-11,19,23H,12-18H2,1-3H3,(H,27,30)/i1D3,2D3,3D3,6D,7D,10D,11D,14D2,15D2,16D2,18D2,19D. The van der Waals surface area contributed by atoms with Crippen LogP contribution in [0.1, 0.15) is 67.8 Å². The third kappa shape index (κ3) is 7.24. The Hall–Kier alpha value is -2.60. The number of nitrogens with one attached hydrogen (secondary N) is 1. The molecule has 1 fully saturated rings. The minimum Gasteiger partial charge on any atom is -0.493 e. The Morgan fingerprint density at radius 2 is 2.03 bits per heavy atom. The summed E-state index contributed by atoms with van der Waals surface area (Å²) < 4.78 is 195. The van der Waals surface area contributed by atoms with Crippen LogP contribution in [0.3, 0.4) is 0 Å². The van der Waals surface area contributed by atoms with E-state index in [1.54, 1.807) is 0 Å². The number of benzene rings is 2. The lowest BCUT2D eigenvalue weighted by molar-refractivity contribution is 0.127. The maximum atomic E-state index is 13.9. The first-order chi connectivity index (χ1) is 23.5. The van der Waals surface area contributed by atoms with Crippen molar-refractivity contribution in [2.45, 2.75) is 45.6 Å². The molecule has 0 radical (unpaired) electrons. The number of urea groups is 1. The van der Waals surface area contributed by atoms with Gasteiger partial charge in [-0.25, -0.2) is 9.18 Å². The zero-order valence-electron chi connectivity index (χ0n) is 38.1. The number of carbonyl (C=O) groups is 1. The Labute approximate surface area is 216 Å². The Bertz CT molecular complexity index is 1630. The highest BCUT2D eigenvalue weighted by Crippen LogP contribution is 2.19. The number of hydrogen-bond acceptors (Lipinski definition) is 3. The fourth-order valence-electron chi connectivity index (χ4n) is 2.60. The molecule has 3 rings (SSSR count). The van der Waals surface area contributed by atoms with Gasteiger partial charge >= 0.3 is 6.03 Å². The van der Waals surface area contributed by atoms with E-state index < -0.39 is 125 Å². The van der Waals surface area contributed by atoms with Crippen molar-refractivity contribution >= 4 is 6.03 Å². The van der Waals surface area contributed by atoms with Gasteiger partial charge in [0, 0.05) is 38.3 Å². The van der Waals surface area contributed by atoms with Gasteiger partial charge in [-0.05, 0) is 74.0 Å². The van der Waals surface area contributed by atoms with Crippen molar-refractivity contribution in [3.8, 4) is 5.75 Å². The maximum absolute atomic E-state index is 13.9. The number of halogens is 1. The van der Waals surface area contributed by atoms with Gasteiger partial charge in [0.05, 0.1) is 17.5 Å². The molecule has 1 saturated heterocycles. The zero-order chi connectivity index (χ0) is 41.3. The highest BCUT2D eigenvalue weighted by atomic mass is 19.1. The minimum atomic E-state index is -4.05. The molecule has 1 heterocycles. The summed E-state index contributed by atoms with van der Waals surface area (Å²) in [5.74, 6) is -6.13.